The van der Waals surface area contributed by atoms with Crippen LogP contribution in [0.3, 0.4) is 0 Å². The molecule has 0 spiro atoms. The van der Waals surface area contributed by atoms with Crippen molar-refractivity contribution in [3.63, 3.8) is 0 Å². The summed E-state index contributed by atoms with van der Waals surface area (Å²) in [7, 11) is 1.64. The van der Waals surface area contributed by atoms with Crippen molar-refractivity contribution < 1.29 is 0 Å². The van der Waals surface area contributed by atoms with Gasteiger partial charge < -0.3 is 10.3 Å². The van der Waals surface area contributed by atoms with Crippen molar-refractivity contribution in [2.45, 2.75) is 93.5 Å². The average Bonchev–Trinajstić information content (AvgIpc) is 3.77. The topological polar surface area (TPSA) is 37.3 Å². The normalized spacial score (nSPS) is 12.1. The predicted molar refractivity (Wildman–Crippen MR) is 182 cm³/mol. The summed E-state index contributed by atoms with van der Waals surface area (Å²) in [6.07, 6.45) is 15.8. The number of rotatable bonds is 10. The lowest BCUT2D eigenvalue weighted by molar-refractivity contribution is 0.482. The number of nitrogens with one attached hydrogen (secondary N) is 1. The molecule has 1 fully saturated rings. The van der Waals surface area contributed by atoms with Crippen molar-refractivity contribution in [1.29, 1.82) is 0 Å². The van der Waals surface area contributed by atoms with Gasteiger partial charge in [-0.2, -0.15) is 0 Å². The molecule has 40 heavy (non-hydrogen) atoms. The molecule has 222 valence electrons. The van der Waals surface area contributed by atoms with Gasteiger partial charge in [0.05, 0.1) is 0 Å². The van der Waals surface area contributed by atoms with E-state index in [1.165, 1.54) is 66.5 Å². The minimum absolute atomic E-state index is 0.653. The number of hydrogen-bond acceptors (Lipinski definition) is 3. The summed E-state index contributed by atoms with van der Waals surface area (Å²) < 4.78 is 0. The Morgan fingerprint density at radius 2 is 1.50 bits per heavy atom. The Bertz CT molecular complexity index is 887. The Kier molecular flexibility index (Phi) is 26.6. The maximum Gasteiger partial charge on any atom is 0.0412 e. The number of benzene rings is 1. The van der Waals surface area contributed by atoms with Gasteiger partial charge >= 0.3 is 0 Å². The molecule has 1 aliphatic carbocycles. The SMILES string of the molecule is C=C(/C=C(\C)NCc1cccnc1)C(CCC)CCC1CC1.C=CC.C=NC.CC(C)=C(C)C.c1ccccc1. The Morgan fingerprint density at radius 3 is 1.88 bits per heavy atom. The molecule has 3 nitrogen and oxygen atoms in total. The Hall–Kier alpha value is -3.20. The highest BCUT2D eigenvalue weighted by Crippen LogP contribution is 2.36. The largest absolute Gasteiger partial charge is 0.384 e. The van der Waals surface area contributed by atoms with Crippen LogP contribution in [-0.2, 0) is 6.54 Å². The quantitative estimate of drug-likeness (QED) is 0.183. The van der Waals surface area contributed by atoms with E-state index < -0.39 is 0 Å². The average molecular weight is 546 g/mol. The van der Waals surface area contributed by atoms with Crippen molar-refractivity contribution in [3.8, 4) is 0 Å². The van der Waals surface area contributed by atoms with Crippen LogP contribution in [0, 0.1) is 11.8 Å². The summed E-state index contributed by atoms with van der Waals surface area (Å²) in [5.74, 6) is 1.67. The molecule has 1 unspecified atom stereocenters. The van der Waals surface area contributed by atoms with Gasteiger partial charge in [-0.15, -0.1) is 6.58 Å². The maximum atomic E-state index is 4.34. The molecule has 1 aromatic carbocycles. The highest BCUT2D eigenvalue weighted by molar-refractivity contribution is 5.22. The van der Waals surface area contributed by atoms with Crippen LogP contribution in [0.15, 0.2) is 114 Å². The summed E-state index contributed by atoms with van der Waals surface area (Å²) >= 11 is 0. The highest BCUT2D eigenvalue weighted by Gasteiger charge is 2.22. The van der Waals surface area contributed by atoms with Crippen LogP contribution in [-0.4, -0.2) is 18.7 Å². The molecule has 1 atom stereocenters. The van der Waals surface area contributed by atoms with E-state index in [1.807, 2.05) is 61.8 Å². The van der Waals surface area contributed by atoms with Crippen LogP contribution in [0.4, 0.5) is 0 Å². The molecule has 3 heteroatoms. The van der Waals surface area contributed by atoms with Gasteiger partial charge in [0.25, 0.3) is 0 Å². The van der Waals surface area contributed by atoms with Crippen molar-refractivity contribution in [1.82, 2.24) is 10.3 Å². The van der Waals surface area contributed by atoms with Crippen LogP contribution < -0.4 is 5.32 Å². The molecule has 0 radical (unpaired) electrons. The van der Waals surface area contributed by atoms with Crippen molar-refractivity contribution in [3.05, 3.63) is 114 Å². The van der Waals surface area contributed by atoms with Gasteiger partial charge in [0.15, 0.2) is 0 Å². The third-order valence-corrected chi connectivity index (χ3v) is 6.14. The fourth-order valence-corrected chi connectivity index (χ4v) is 3.28. The van der Waals surface area contributed by atoms with Gasteiger partial charge in [0.2, 0.25) is 0 Å². The number of hydrogen-bond donors (Lipinski definition) is 1. The van der Waals surface area contributed by atoms with E-state index in [0.717, 1.165) is 12.5 Å². The lowest BCUT2D eigenvalue weighted by Crippen LogP contribution is -2.12. The number of pyridine rings is 1. The minimum atomic E-state index is 0.653. The van der Waals surface area contributed by atoms with Crippen LogP contribution in [0.25, 0.3) is 0 Å². The Morgan fingerprint density at radius 1 is 1.00 bits per heavy atom. The van der Waals surface area contributed by atoms with Crippen LogP contribution in [0.1, 0.15) is 92.6 Å². The van der Waals surface area contributed by atoms with E-state index in [2.05, 4.69) is 88.9 Å². The first-order chi connectivity index (χ1) is 19.2. The van der Waals surface area contributed by atoms with E-state index in [-0.39, 0.29) is 0 Å². The Labute approximate surface area is 248 Å². The fraction of sp³-hybridized carbons (Fsp3) is 0.459. The molecule has 0 aliphatic heterocycles. The van der Waals surface area contributed by atoms with Crippen molar-refractivity contribution in [2.24, 2.45) is 16.8 Å². The lowest BCUT2D eigenvalue weighted by atomic mass is 9.89. The van der Waals surface area contributed by atoms with Gasteiger partial charge in [0.1, 0.15) is 0 Å². The monoisotopic (exact) mass is 545 g/mol. The minimum Gasteiger partial charge on any atom is -0.384 e. The van der Waals surface area contributed by atoms with Crippen LogP contribution in [0.2, 0.25) is 0 Å². The molecular weight excluding hydrogens is 486 g/mol. The summed E-state index contributed by atoms with van der Waals surface area (Å²) in [4.78, 5) is 7.40. The second-order valence-corrected chi connectivity index (χ2v) is 10.5. The fourth-order valence-electron chi connectivity index (χ4n) is 3.28. The van der Waals surface area contributed by atoms with Crippen molar-refractivity contribution >= 4 is 6.72 Å². The first-order valence-electron chi connectivity index (χ1n) is 14.7. The summed E-state index contributed by atoms with van der Waals surface area (Å²) in [6.45, 7) is 26.4. The van der Waals surface area contributed by atoms with Crippen LogP contribution in [0.5, 0.6) is 0 Å². The first-order valence-corrected chi connectivity index (χ1v) is 14.7. The number of aliphatic imine (C=N–C) groups is 1. The standard InChI is InChI=1S/C20H30N2.C6H6.C6H12.C3H6.C2H5N/c1-4-6-20(11-10-18-8-9-18)16(2)13-17(3)22-15-19-7-5-12-21-14-19;1-2-4-6-5-3-1;1-5(2)6(3)4;2*1-3-2/h5,7,12-14,18,20,22H,2,4,6,8-11,15H2,1,3H3;1-6H;1-4H3;3H,1H2,2H3;1H2,2H3/b17-13+;;;;. The van der Waals surface area contributed by atoms with Gasteiger partial charge in [-0.05, 0) is 97.1 Å². The summed E-state index contributed by atoms with van der Waals surface area (Å²) in [5, 5.41) is 3.46. The van der Waals surface area contributed by atoms with E-state index in [9.17, 15) is 0 Å². The lowest BCUT2D eigenvalue weighted by Gasteiger charge is -2.18. The maximum absolute atomic E-state index is 4.34. The predicted octanol–water partition coefficient (Wildman–Crippen LogP) is 10.8. The summed E-state index contributed by atoms with van der Waals surface area (Å²) in [5.41, 5.74) is 6.55. The zero-order valence-electron chi connectivity index (χ0n) is 27.0. The molecular formula is C37H59N3. The molecule has 2 aromatic rings. The van der Waals surface area contributed by atoms with E-state index >= 15 is 0 Å². The third-order valence-electron chi connectivity index (χ3n) is 6.14. The molecule has 1 aliphatic rings. The van der Waals surface area contributed by atoms with Gasteiger partial charge in [-0.1, -0.05) is 98.0 Å². The zero-order valence-corrected chi connectivity index (χ0v) is 27.0. The van der Waals surface area contributed by atoms with Gasteiger partial charge in [-0.3, -0.25) is 4.98 Å². The smallest absolute Gasteiger partial charge is 0.0412 e. The second kappa shape index (κ2) is 27.4. The summed E-state index contributed by atoms with van der Waals surface area (Å²) in [6, 6.07) is 16.1. The van der Waals surface area contributed by atoms with Crippen LogP contribution >= 0.6 is 0 Å². The molecule has 0 amide bonds. The van der Waals surface area contributed by atoms with E-state index in [4.69, 9.17) is 0 Å². The second-order valence-electron chi connectivity index (χ2n) is 10.5. The van der Waals surface area contributed by atoms with E-state index in [0.29, 0.717) is 5.92 Å². The molecule has 1 saturated carbocycles. The highest BCUT2D eigenvalue weighted by atomic mass is 14.9. The number of allylic oxidation sites excluding steroid dienone is 6. The Balaban J connectivity index is 0. The molecule has 0 bridgehead atoms. The molecule has 1 N–H and O–H groups in total. The van der Waals surface area contributed by atoms with Gasteiger partial charge in [0, 0.05) is 31.7 Å². The van der Waals surface area contributed by atoms with Crippen molar-refractivity contribution in [2.75, 3.05) is 7.05 Å². The zero-order chi connectivity index (χ0) is 30.6. The number of aromatic nitrogens is 1. The van der Waals surface area contributed by atoms with Gasteiger partial charge in [-0.25, -0.2) is 0 Å². The molecule has 3 rings (SSSR count). The number of nitrogens with zero attached hydrogens (tertiary/aromatic N) is 2. The molecule has 1 aromatic heterocycles. The third kappa shape index (κ3) is 26.4. The molecule has 0 saturated heterocycles. The van der Waals surface area contributed by atoms with E-state index in [1.54, 1.807) is 13.1 Å². The first kappa shape index (κ1) is 38.9. The molecule has 1 heterocycles.